The number of ether oxygens (including phenoxy) is 1. The Kier molecular flexibility index (Phi) is 5.63. The third kappa shape index (κ3) is 7.03. The first kappa shape index (κ1) is 15.8. The maximum atomic E-state index is 11.7. The normalized spacial score (nSPS) is 23.7. The standard InChI is InChI=1S/C14H25NO4/c1-14(2,3)19-13(18)15-11-6-4-5-10(9-11)7-8-12(16)17/h10-11H,4-9H2,1-3H3,(H,15,18)(H,16,17)/t10-,11-/m1/s1. The first-order chi connectivity index (χ1) is 8.76. The van der Waals surface area contributed by atoms with E-state index in [1.54, 1.807) is 0 Å². The number of rotatable bonds is 4. The van der Waals surface area contributed by atoms with Crippen LogP contribution in [0.3, 0.4) is 0 Å². The van der Waals surface area contributed by atoms with Crippen molar-refractivity contribution in [1.29, 1.82) is 0 Å². The minimum Gasteiger partial charge on any atom is -0.481 e. The number of hydrogen-bond donors (Lipinski definition) is 2. The molecule has 0 heterocycles. The zero-order chi connectivity index (χ0) is 14.5. The lowest BCUT2D eigenvalue weighted by molar-refractivity contribution is -0.137. The molecule has 0 aromatic carbocycles. The Morgan fingerprint density at radius 3 is 2.58 bits per heavy atom. The third-order valence-corrected chi connectivity index (χ3v) is 3.27. The van der Waals surface area contributed by atoms with E-state index in [-0.39, 0.29) is 18.6 Å². The number of alkyl carbamates (subject to hydrolysis) is 1. The fraction of sp³-hybridized carbons (Fsp3) is 0.857. The van der Waals surface area contributed by atoms with Crippen molar-refractivity contribution in [3.63, 3.8) is 0 Å². The SMILES string of the molecule is CC(C)(C)OC(=O)N[C@@H]1CCC[C@H](CCC(=O)O)C1. The van der Waals surface area contributed by atoms with Gasteiger partial charge in [0.2, 0.25) is 0 Å². The number of amides is 1. The van der Waals surface area contributed by atoms with Gasteiger partial charge in [-0.05, 0) is 46.0 Å². The molecule has 0 bridgehead atoms. The Balaban J connectivity index is 2.34. The van der Waals surface area contributed by atoms with Crippen LogP contribution < -0.4 is 5.32 Å². The lowest BCUT2D eigenvalue weighted by Crippen LogP contribution is -2.41. The molecule has 5 nitrogen and oxygen atoms in total. The molecule has 0 aliphatic heterocycles. The van der Waals surface area contributed by atoms with E-state index in [0.29, 0.717) is 12.3 Å². The number of carboxylic acid groups (broad SMARTS) is 1. The third-order valence-electron chi connectivity index (χ3n) is 3.27. The molecule has 1 rings (SSSR count). The second kappa shape index (κ2) is 6.78. The molecule has 1 fully saturated rings. The van der Waals surface area contributed by atoms with E-state index in [4.69, 9.17) is 9.84 Å². The van der Waals surface area contributed by atoms with Crippen LogP contribution in [0, 0.1) is 5.92 Å². The van der Waals surface area contributed by atoms with Crippen molar-refractivity contribution in [2.24, 2.45) is 5.92 Å². The molecule has 0 radical (unpaired) electrons. The van der Waals surface area contributed by atoms with Crippen molar-refractivity contribution >= 4 is 12.1 Å². The summed E-state index contributed by atoms with van der Waals surface area (Å²) in [5.41, 5.74) is -0.485. The van der Waals surface area contributed by atoms with Gasteiger partial charge in [0, 0.05) is 12.5 Å². The molecule has 5 heteroatoms. The highest BCUT2D eigenvalue weighted by Crippen LogP contribution is 2.28. The van der Waals surface area contributed by atoms with Gasteiger partial charge in [-0.25, -0.2) is 4.79 Å². The van der Waals surface area contributed by atoms with Crippen molar-refractivity contribution in [3.8, 4) is 0 Å². The van der Waals surface area contributed by atoms with Gasteiger partial charge in [-0.3, -0.25) is 4.79 Å². The number of carbonyl (C=O) groups excluding carboxylic acids is 1. The van der Waals surface area contributed by atoms with Gasteiger partial charge in [0.1, 0.15) is 5.60 Å². The van der Waals surface area contributed by atoms with Crippen molar-refractivity contribution in [2.45, 2.75) is 70.9 Å². The van der Waals surface area contributed by atoms with Gasteiger partial charge >= 0.3 is 12.1 Å². The van der Waals surface area contributed by atoms with Crippen LogP contribution in [0.15, 0.2) is 0 Å². The van der Waals surface area contributed by atoms with Gasteiger partial charge in [-0.15, -0.1) is 0 Å². The predicted molar refractivity (Wildman–Crippen MR) is 72.0 cm³/mol. The molecule has 0 saturated heterocycles. The zero-order valence-corrected chi connectivity index (χ0v) is 12.1. The zero-order valence-electron chi connectivity index (χ0n) is 12.1. The monoisotopic (exact) mass is 271 g/mol. The Hall–Kier alpha value is -1.26. The summed E-state index contributed by atoms with van der Waals surface area (Å²) in [7, 11) is 0. The average molecular weight is 271 g/mol. The molecular formula is C14H25NO4. The molecule has 110 valence electrons. The number of carbonyl (C=O) groups is 2. The highest BCUT2D eigenvalue weighted by molar-refractivity contribution is 5.68. The molecule has 1 saturated carbocycles. The van der Waals surface area contributed by atoms with Crippen molar-refractivity contribution in [1.82, 2.24) is 5.32 Å². The highest BCUT2D eigenvalue weighted by atomic mass is 16.6. The van der Waals surface area contributed by atoms with Crippen LogP contribution >= 0.6 is 0 Å². The van der Waals surface area contributed by atoms with Crippen LogP contribution in [0.2, 0.25) is 0 Å². The van der Waals surface area contributed by atoms with Gasteiger partial charge in [-0.1, -0.05) is 12.8 Å². The maximum Gasteiger partial charge on any atom is 0.407 e. The van der Waals surface area contributed by atoms with Crippen LogP contribution in [0.4, 0.5) is 4.79 Å². The molecule has 0 aromatic rings. The minimum atomic E-state index is -0.748. The van der Waals surface area contributed by atoms with Gasteiger partial charge in [0.05, 0.1) is 0 Å². The van der Waals surface area contributed by atoms with Gasteiger partial charge in [0.25, 0.3) is 0 Å². The summed E-state index contributed by atoms with van der Waals surface area (Å²) in [6.45, 7) is 5.51. The number of hydrogen-bond acceptors (Lipinski definition) is 3. The van der Waals surface area contributed by atoms with Crippen molar-refractivity contribution in [3.05, 3.63) is 0 Å². The summed E-state index contributed by atoms with van der Waals surface area (Å²) in [4.78, 5) is 22.2. The Morgan fingerprint density at radius 1 is 1.32 bits per heavy atom. The van der Waals surface area contributed by atoms with E-state index < -0.39 is 11.6 Å². The van der Waals surface area contributed by atoms with Crippen LogP contribution in [0.25, 0.3) is 0 Å². The van der Waals surface area contributed by atoms with E-state index >= 15 is 0 Å². The fourth-order valence-corrected chi connectivity index (χ4v) is 2.49. The quantitative estimate of drug-likeness (QED) is 0.824. The number of nitrogens with one attached hydrogen (secondary N) is 1. The van der Waals surface area contributed by atoms with Crippen LogP contribution in [-0.4, -0.2) is 28.8 Å². The minimum absolute atomic E-state index is 0.113. The molecule has 0 spiro atoms. The summed E-state index contributed by atoms with van der Waals surface area (Å²) >= 11 is 0. The summed E-state index contributed by atoms with van der Waals surface area (Å²) in [5.74, 6) is -0.355. The summed E-state index contributed by atoms with van der Waals surface area (Å²) in [6.07, 6.45) is 4.42. The van der Waals surface area contributed by atoms with Gasteiger partial charge in [0.15, 0.2) is 0 Å². The van der Waals surface area contributed by atoms with Gasteiger partial charge in [-0.2, -0.15) is 0 Å². The van der Waals surface area contributed by atoms with Crippen LogP contribution in [-0.2, 0) is 9.53 Å². The number of carboxylic acids is 1. The van der Waals surface area contributed by atoms with Crippen molar-refractivity contribution in [2.75, 3.05) is 0 Å². The van der Waals surface area contributed by atoms with Gasteiger partial charge < -0.3 is 15.2 Å². The topological polar surface area (TPSA) is 75.6 Å². The lowest BCUT2D eigenvalue weighted by atomic mass is 9.83. The fourth-order valence-electron chi connectivity index (χ4n) is 2.49. The Labute approximate surface area is 114 Å². The summed E-state index contributed by atoms with van der Waals surface area (Å²) in [5, 5.41) is 11.6. The largest absolute Gasteiger partial charge is 0.481 e. The molecule has 0 aromatic heterocycles. The molecule has 2 N–H and O–H groups in total. The molecule has 1 aliphatic rings. The Morgan fingerprint density at radius 2 is 2.00 bits per heavy atom. The average Bonchev–Trinajstić information content (AvgIpc) is 2.24. The van der Waals surface area contributed by atoms with Crippen LogP contribution in [0.1, 0.15) is 59.3 Å². The summed E-state index contributed by atoms with van der Waals surface area (Å²) < 4.78 is 5.23. The van der Waals surface area contributed by atoms with E-state index in [1.807, 2.05) is 20.8 Å². The Bertz CT molecular complexity index is 322. The first-order valence-corrected chi connectivity index (χ1v) is 6.97. The smallest absolute Gasteiger partial charge is 0.407 e. The molecule has 19 heavy (non-hydrogen) atoms. The van der Waals surface area contributed by atoms with Crippen molar-refractivity contribution < 1.29 is 19.4 Å². The second-order valence-corrected chi connectivity index (χ2v) is 6.31. The van der Waals surface area contributed by atoms with E-state index in [2.05, 4.69) is 5.32 Å². The van der Waals surface area contributed by atoms with Crippen LogP contribution in [0.5, 0.6) is 0 Å². The molecule has 0 unspecified atom stereocenters. The predicted octanol–water partition coefficient (Wildman–Crippen LogP) is 2.93. The molecular weight excluding hydrogens is 246 g/mol. The van der Waals surface area contributed by atoms with E-state index in [0.717, 1.165) is 25.7 Å². The second-order valence-electron chi connectivity index (χ2n) is 6.31. The first-order valence-electron chi connectivity index (χ1n) is 6.97. The molecule has 1 amide bonds. The lowest BCUT2D eigenvalue weighted by Gasteiger charge is -2.30. The number of aliphatic carboxylic acids is 1. The van der Waals surface area contributed by atoms with E-state index in [9.17, 15) is 9.59 Å². The van der Waals surface area contributed by atoms with E-state index in [1.165, 1.54) is 0 Å². The highest BCUT2D eigenvalue weighted by Gasteiger charge is 2.25. The maximum absolute atomic E-state index is 11.7. The molecule has 2 atom stereocenters. The molecule has 1 aliphatic carbocycles. The summed E-state index contributed by atoms with van der Waals surface area (Å²) in [6, 6.07) is 0.113.